The second-order valence-electron chi connectivity index (χ2n) is 5.43. The summed E-state index contributed by atoms with van der Waals surface area (Å²) in [6.45, 7) is 2.00. The predicted octanol–water partition coefficient (Wildman–Crippen LogP) is 3.23. The van der Waals surface area contributed by atoms with E-state index >= 15 is 0 Å². The zero-order valence-electron chi connectivity index (χ0n) is 13.1. The van der Waals surface area contributed by atoms with Gasteiger partial charge in [-0.15, -0.1) is 0 Å². The van der Waals surface area contributed by atoms with Crippen LogP contribution < -0.4 is 9.64 Å². The standard InChI is InChI=1S/C18H18N2O3/c1-13(14-7-4-3-5-8-14)19-12-17(21)20(18(19)22)15-9-6-10-16(11-15)23-2/h3-11,13H,12H2,1-2H3/t13-/m0/s1. The molecule has 1 saturated heterocycles. The van der Waals surface area contributed by atoms with E-state index in [9.17, 15) is 9.59 Å². The van der Waals surface area contributed by atoms with Gasteiger partial charge in [0.15, 0.2) is 0 Å². The average molecular weight is 310 g/mol. The van der Waals surface area contributed by atoms with Gasteiger partial charge >= 0.3 is 6.03 Å². The summed E-state index contributed by atoms with van der Waals surface area (Å²) in [6.07, 6.45) is 0. The molecule has 0 N–H and O–H groups in total. The molecule has 0 aromatic heterocycles. The Hall–Kier alpha value is -2.82. The van der Waals surface area contributed by atoms with Gasteiger partial charge in [-0.05, 0) is 24.6 Å². The Morgan fingerprint density at radius 3 is 2.48 bits per heavy atom. The van der Waals surface area contributed by atoms with Gasteiger partial charge in [0.2, 0.25) is 0 Å². The molecule has 0 bridgehead atoms. The molecular formula is C18H18N2O3. The number of hydrogen-bond acceptors (Lipinski definition) is 3. The van der Waals surface area contributed by atoms with Crippen molar-refractivity contribution in [3.05, 3.63) is 60.2 Å². The number of nitrogens with zero attached hydrogens (tertiary/aromatic N) is 2. The largest absolute Gasteiger partial charge is 0.497 e. The van der Waals surface area contributed by atoms with E-state index in [-0.39, 0.29) is 24.5 Å². The normalized spacial score (nSPS) is 15.9. The Labute approximate surface area is 135 Å². The molecule has 1 aliphatic rings. The highest BCUT2D eigenvalue weighted by atomic mass is 16.5. The van der Waals surface area contributed by atoms with Crippen LogP contribution in [-0.4, -0.2) is 30.5 Å². The van der Waals surface area contributed by atoms with Crippen molar-refractivity contribution in [1.29, 1.82) is 0 Å². The smallest absolute Gasteiger partial charge is 0.332 e. The van der Waals surface area contributed by atoms with Crippen molar-refractivity contribution in [3.63, 3.8) is 0 Å². The summed E-state index contributed by atoms with van der Waals surface area (Å²) >= 11 is 0. The van der Waals surface area contributed by atoms with Gasteiger partial charge in [-0.2, -0.15) is 0 Å². The number of urea groups is 1. The van der Waals surface area contributed by atoms with E-state index in [1.165, 1.54) is 4.90 Å². The molecule has 5 nitrogen and oxygen atoms in total. The molecule has 3 amide bonds. The molecule has 0 radical (unpaired) electrons. The van der Waals surface area contributed by atoms with Crippen molar-refractivity contribution in [3.8, 4) is 5.75 Å². The first-order valence-corrected chi connectivity index (χ1v) is 7.44. The maximum atomic E-state index is 12.7. The molecule has 1 heterocycles. The minimum Gasteiger partial charge on any atom is -0.497 e. The van der Waals surface area contributed by atoms with Crippen molar-refractivity contribution < 1.29 is 14.3 Å². The lowest BCUT2D eigenvalue weighted by atomic mass is 10.1. The van der Waals surface area contributed by atoms with E-state index < -0.39 is 0 Å². The minimum absolute atomic E-state index is 0.0755. The number of anilines is 1. The highest BCUT2D eigenvalue weighted by Gasteiger charge is 2.39. The first-order valence-electron chi connectivity index (χ1n) is 7.44. The summed E-state index contributed by atoms with van der Waals surface area (Å²) in [4.78, 5) is 27.9. The molecule has 1 fully saturated rings. The molecule has 0 unspecified atom stereocenters. The number of carbonyl (C=O) groups is 2. The van der Waals surface area contributed by atoms with Crippen molar-refractivity contribution in [2.45, 2.75) is 13.0 Å². The van der Waals surface area contributed by atoms with E-state index in [0.717, 1.165) is 5.56 Å². The van der Waals surface area contributed by atoms with Crippen LogP contribution in [0.4, 0.5) is 10.5 Å². The Bertz CT molecular complexity index is 730. The predicted molar refractivity (Wildman–Crippen MR) is 87.4 cm³/mol. The highest BCUT2D eigenvalue weighted by Crippen LogP contribution is 2.30. The molecule has 0 aliphatic carbocycles. The summed E-state index contributed by atoms with van der Waals surface area (Å²) < 4.78 is 5.17. The van der Waals surface area contributed by atoms with Crippen LogP contribution in [0.15, 0.2) is 54.6 Å². The van der Waals surface area contributed by atoms with Crippen molar-refractivity contribution in [1.82, 2.24) is 4.90 Å². The average Bonchev–Trinajstić information content (AvgIpc) is 2.89. The highest BCUT2D eigenvalue weighted by molar-refractivity contribution is 6.19. The van der Waals surface area contributed by atoms with Crippen molar-refractivity contribution >= 4 is 17.6 Å². The second-order valence-corrected chi connectivity index (χ2v) is 5.43. The maximum absolute atomic E-state index is 12.7. The summed E-state index contributed by atoms with van der Waals surface area (Å²) in [7, 11) is 1.55. The SMILES string of the molecule is COc1cccc(N2C(=O)CN([C@@H](C)c3ccccc3)C2=O)c1. The van der Waals surface area contributed by atoms with Crippen LogP contribution in [0.3, 0.4) is 0 Å². The van der Waals surface area contributed by atoms with Crippen LogP contribution in [0, 0.1) is 0 Å². The number of benzene rings is 2. The molecule has 5 heteroatoms. The fraction of sp³-hybridized carbons (Fsp3) is 0.222. The van der Waals surface area contributed by atoms with Gasteiger partial charge in [-0.25, -0.2) is 9.69 Å². The molecule has 118 valence electrons. The molecule has 0 spiro atoms. The summed E-state index contributed by atoms with van der Waals surface area (Å²) in [5.41, 5.74) is 1.53. The molecule has 2 aromatic carbocycles. The van der Waals surface area contributed by atoms with Gasteiger partial charge in [0.1, 0.15) is 12.3 Å². The van der Waals surface area contributed by atoms with E-state index in [1.54, 1.807) is 36.3 Å². The summed E-state index contributed by atoms with van der Waals surface area (Å²) in [6, 6.07) is 16.2. The Morgan fingerprint density at radius 1 is 1.04 bits per heavy atom. The number of carbonyl (C=O) groups excluding carboxylic acids is 2. The molecule has 23 heavy (non-hydrogen) atoms. The van der Waals surface area contributed by atoms with E-state index in [4.69, 9.17) is 4.74 Å². The Kier molecular flexibility index (Phi) is 4.02. The van der Waals surface area contributed by atoms with Crippen LogP contribution in [0.2, 0.25) is 0 Å². The molecule has 1 atom stereocenters. The van der Waals surface area contributed by atoms with Gasteiger partial charge in [0, 0.05) is 6.07 Å². The third kappa shape index (κ3) is 2.77. The first kappa shape index (κ1) is 15.1. The number of ether oxygens (including phenoxy) is 1. The molecule has 0 saturated carbocycles. The van der Waals surface area contributed by atoms with Gasteiger partial charge in [0.05, 0.1) is 18.8 Å². The van der Waals surface area contributed by atoms with Crippen LogP contribution in [0.25, 0.3) is 0 Å². The third-order valence-corrected chi connectivity index (χ3v) is 4.05. The maximum Gasteiger partial charge on any atom is 0.332 e. The number of hydrogen-bond donors (Lipinski definition) is 0. The molecule has 2 aromatic rings. The van der Waals surface area contributed by atoms with E-state index in [2.05, 4.69) is 0 Å². The molecule has 3 rings (SSSR count). The van der Waals surface area contributed by atoms with Gasteiger partial charge in [-0.1, -0.05) is 36.4 Å². The number of rotatable bonds is 4. The number of methoxy groups -OCH3 is 1. The van der Waals surface area contributed by atoms with Gasteiger partial charge in [0.25, 0.3) is 5.91 Å². The van der Waals surface area contributed by atoms with Crippen molar-refractivity contribution in [2.75, 3.05) is 18.6 Å². The van der Waals surface area contributed by atoms with Crippen molar-refractivity contribution in [2.24, 2.45) is 0 Å². The van der Waals surface area contributed by atoms with Crippen LogP contribution >= 0.6 is 0 Å². The van der Waals surface area contributed by atoms with Gasteiger partial charge in [-0.3, -0.25) is 4.79 Å². The van der Waals surface area contributed by atoms with Crippen LogP contribution in [-0.2, 0) is 4.79 Å². The minimum atomic E-state index is -0.306. The summed E-state index contributed by atoms with van der Waals surface area (Å²) in [5.74, 6) is 0.378. The Morgan fingerprint density at radius 2 is 1.78 bits per heavy atom. The second kappa shape index (κ2) is 6.12. The monoisotopic (exact) mass is 310 g/mol. The quantitative estimate of drug-likeness (QED) is 0.815. The lowest BCUT2D eigenvalue weighted by molar-refractivity contribution is -0.116. The lowest BCUT2D eigenvalue weighted by Crippen LogP contribution is -2.34. The fourth-order valence-electron chi connectivity index (χ4n) is 2.74. The summed E-state index contributed by atoms with van der Waals surface area (Å²) in [5, 5.41) is 0. The number of amides is 3. The van der Waals surface area contributed by atoms with Gasteiger partial charge < -0.3 is 9.64 Å². The molecular weight excluding hydrogens is 292 g/mol. The zero-order chi connectivity index (χ0) is 16.4. The molecule has 1 aliphatic heterocycles. The van der Waals surface area contributed by atoms with E-state index in [1.807, 2.05) is 37.3 Å². The lowest BCUT2D eigenvalue weighted by Gasteiger charge is -2.24. The first-order chi connectivity index (χ1) is 11.1. The Balaban J connectivity index is 1.88. The third-order valence-electron chi connectivity index (χ3n) is 4.05. The zero-order valence-corrected chi connectivity index (χ0v) is 13.1. The van der Waals surface area contributed by atoms with E-state index in [0.29, 0.717) is 11.4 Å². The number of imide groups is 1. The van der Waals surface area contributed by atoms with Crippen LogP contribution in [0.1, 0.15) is 18.5 Å². The topological polar surface area (TPSA) is 49.9 Å². The van der Waals surface area contributed by atoms with Crippen LogP contribution in [0.5, 0.6) is 5.75 Å². The fourth-order valence-corrected chi connectivity index (χ4v) is 2.74.